The van der Waals surface area contributed by atoms with E-state index in [4.69, 9.17) is 15.0 Å². The largest absolute Gasteiger partial charge is 0.481 e. The zero-order valence-corrected chi connectivity index (χ0v) is 10.1. The van der Waals surface area contributed by atoms with Crippen LogP contribution in [-0.2, 0) is 19.1 Å². The summed E-state index contributed by atoms with van der Waals surface area (Å²) in [6.07, 6.45) is 1.02. The first-order valence-electron chi connectivity index (χ1n) is 4.82. The molecule has 0 rings (SSSR count). The first-order valence-corrected chi connectivity index (χ1v) is 4.82. The minimum absolute atomic E-state index is 0.211. The number of esters is 1. The molecule has 0 aliphatic carbocycles. The topological polar surface area (TPSA) is 101 Å². The lowest BCUT2D eigenvalue weighted by Crippen LogP contribution is -1.95. The molecule has 0 aliphatic heterocycles. The van der Waals surface area contributed by atoms with Gasteiger partial charge in [-0.1, -0.05) is 6.92 Å². The van der Waals surface area contributed by atoms with Crippen molar-refractivity contribution in [2.24, 2.45) is 0 Å². The molecule has 0 aromatic carbocycles. The van der Waals surface area contributed by atoms with Gasteiger partial charge in [0.2, 0.25) is 0 Å². The number of aliphatic carboxylic acids is 2. The van der Waals surface area contributed by atoms with Crippen molar-refractivity contribution in [3.63, 3.8) is 0 Å². The highest BCUT2D eigenvalue weighted by atomic mass is 16.5. The van der Waals surface area contributed by atoms with E-state index in [0.29, 0.717) is 13.0 Å². The molecule has 6 nitrogen and oxygen atoms in total. The van der Waals surface area contributed by atoms with Crippen LogP contribution < -0.4 is 0 Å². The van der Waals surface area contributed by atoms with Crippen molar-refractivity contribution in [2.75, 3.05) is 6.61 Å². The first kappa shape index (κ1) is 19.9. The molecule has 96 valence electrons. The van der Waals surface area contributed by atoms with E-state index < -0.39 is 11.9 Å². The fourth-order valence-electron chi connectivity index (χ4n) is 0.417. The van der Waals surface area contributed by atoms with E-state index in [1.165, 1.54) is 6.92 Å². The fourth-order valence-corrected chi connectivity index (χ4v) is 0.417. The highest BCUT2D eigenvalue weighted by Crippen LogP contribution is 1.82. The van der Waals surface area contributed by atoms with E-state index in [2.05, 4.69) is 4.74 Å². The van der Waals surface area contributed by atoms with E-state index in [-0.39, 0.29) is 5.97 Å². The number of hydrogen-bond acceptors (Lipinski definition) is 4. The number of ether oxygens (including phenoxy) is 1. The maximum atomic E-state index is 9.82. The van der Waals surface area contributed by atoms with Crippen molar-refractivity contribution in [1.82, 2.24) is 0 Å². The Morgan fingerprint density at radius 2 is 1.44 bits per heavy atom. The lowest BCUT2D eigenvalue weighted by Gasteiger charge is -1.89. The fraction of sp³-hybridized carbons (Fsp3) is 0.700. The van der Waals surface area contributed by atoms with Gasteiger partial charge in [0.25, 0.3) is 5.97 Å². The third kappa shape index (κ3) is 83.1. The number of carboxylic acids is 2. The summed E-state index contributed by atoms with van der Waals surface area (Å²) < 4.78 is 4.40. The second-order valence-corrected chi connectivity index (χ2v) is 2.59. The molecule has 0 saturated carbocycles. The molecule has 0 fully saturated rings. The van der Waals surface area contributed by atoms with Crippen LogP contribution in [0.1, 0.15) is 40.5 Å². The maximum Gasteiger partial charge on any atom is 0.303 e. The predicted molar refractivity (Wildman–Crippen MR) is 58.2 cm³/mol. The monoisotopic (exact) mass is 236 g/mol. The first-order chi connectivity index (χ1) is 7.27. The van der Waals surface area contributed by atoms with Gasteiger partial charge in [-0.05, 0) is 13.3 Å². The number of carboxylic acid groups (broad SMARTS) is 2. The Labute approximate surface area is 95.2 Å². The molecule has 0 aromatic heterocycles. The van der Waals surface area contributed by atoms with Gasteiger partial charge in [-0.3, -0.25) is 14.4 Å². The van der Waals surface area contributed by atoms with E-state index in [0.717, 1.165) is 13.3 Å². The quantitative estimate of drug-likeness (QED) is 0.720. The van der Waals surface area contributed by atoms with Crippen molar-refractivity contribution in [3.05, 3.63) is 0 Å². The lowest BCUT2D eigenvalue weighted by atomic mass is 10.4. The summed E-state index contributed by atoms with van der Waals surface area (Å²) in [6, 6.07) is 0. The van der Waals surface area contributed by atoms with Crippen molar-refractivity contribution >= 4 is 17.9 Å². The SMILES string of the molecule is CC(=O)O.CCCC(=O)O.CCOC(C)=O. The van der Waals surface area contributed by atoms with Crippen molar-refractivity contribution < 1.29 is 29.3 Å². The summed E-state index contributed by atoms with van der Waals surface area (Å²) in [5.74, 6) is -1.75. The van der Waals surface area contributed by atoms with Crippen LogP contribution in [0.15, 0.2) is 0 Å². The standard InChI is InChI=1S/2C4H8O2.C2H4O2/c1-3-6-4(2)5;1-2-3-4(5)6;1-2(3)4/h3H2,1-2H3;2-3H2,1H3,(H,5,6);1H3,(H,3,4). The Morgan fingerprint density at radius 1 is 1.06 bits per heavy atom. The predicted octanol–water partition coefficient (Wildman–Crippen LogP) is 1.53. The van der Waals surface area contributed by atoms with E-state index in [9.17, 15) is 9.59 Å². The average molecular weight is 236 g/mol. The molecule has 0 aliphatic rings. The molecule has 0 heterocycles. The minimum Gasteiger partial charge on any atom is -0.481 e. The summed E-state index contributed by atoms with van der Waals surface area (Å²) in [6.45, 7) is 6.58. The zero-order chi connectivity index (χ0) is 13.6. The number of rotatable bonds is 3. The summed E-state index contributed by atoms with van der Waals surface area (Å²) in [7, 11) is 0. The van der Waals surface area contributed by atoms with E-state index in [1.54, 1.807) is 6.92 Å². The Balaban J connectivity index is -0.000000162. The Morgan fingerprint density at radius 3 is 1.44 bits per heavy atom. The van der Waals surface area contributed by atoms with E-state index >= 15 is 0 Å². The van der Waals surface area contributed by atoms with Crippen LogP contribution in [0.4, 0.5) is 0 Å². The maximum absolute atomic E-state index is 9.82. The number of carbonyl (C=O) groups excluding carboxylic acids is 1. The third-order valence-corrected chi connectivity index (χ3v) is 0.811. The molecule has 0 radical (unpaired) electrons. The molecule has 0 unspecified atom stereocenters. The summed E-state index contributed by atoms with van der Waals surface area (Å²) >= 11 is 0. The normalized spacial score (nSPS) is 7.50. The van der Waals surface area contributed by atoms with Crippen LogP contribution in [0.2, 0.25) is 0 Å². The van der Waals surface area contributed by atoms with Gasteiger partial charge in [0.15, 0.2) is 0 Å². The number of hydrogen-bond donors (Lipinski definition) is 2. The van der Waals surface area contributed by atoms with Crippen LogP contribution in [-0.4, -0.2) is 34.7 Å². The van der Waals surface area contributed by atoms with Gasteiger partial charge in [0, 0.05) is 20.3 Å². The molecule has 16 heavy (non-hydrogen) atoms. The summed E-state index contributed by atoms with van der Waals surface area (Å²) in [5.41, 5.74) is 0. The molecule has 6 heteroatoms. The second-order valence-electron chi connectivity index (χ2n) is 2.59. The third-order valence-electron chi connectivity index (χ3n) is 0.811. The molecule has 0 saturated heterocycles. The highest BCUT2D eigenvalue weighted by molar-refractivity contribution is 5.66. The van der Waals surface area contributed by atoms with Crippen molar-refractivity contribution in [3.8, 4) is 0 Å². The Bertz CT molecular complexity index is 179. The van der Waals surface area contributed by atoms with E-state index in [1.807, 2.05) is 6.92 Å². The lowest BCUT2D eigenvalue weighted by molar-refractivity contribution is -0.140. The molecule has 0 spiro atoms. The van der Waals surface area contributed by atoms with Gasteiger partial charge in [-0.25, -0.2) is 0 Å². The summed E-state index contributed by atoms with van der Waals surface area (Å²) in [4.78, 5) is 28.4. The van der Waals surface area contributed by atoms with Gasteiger partial charge in [0.05, 0.1) is 6.61 Å². The highest BCUT2D eigenvalue weighted by Gasteiger charge is 1.87. The van der Waals surface area contributed by atoms with Crippen molar-refractivity contribution in [2.45, 2.75) is 40.5 Å². The average Bonchev–Trinajstić information content (AvgIpc) is 2.02. The molecule has 0 amide bonds. The van der Waals surface area contributed by atoms with Gasteiger partial charge < -0.3 is 14.9 Å². The van der Waals surface area contributed by atoms with Gasteiger partial charge in [-0.15, -0.1) is 0 Å². The smallest absolute Gasteiger partial charge is 0.303 e. The van der Waals surface area contributed by atoms with Crippen LogP contribution >= 0.6 is 0 Å². The van der Waals surface area contributed by atoms with Crippen LogP contribution in [0, 0.1) is 0 Å². The number of carbonyl (C=O) groups is 3. The van der Waals surface area contributed by atoms with Crippen molar-refractivity contribution in [1.29, 1.82) is 0 Å². The molecular formula is C10H20O6. The van der Waals surface area contributed by atoms with Gasteiger partial charge >= 0.3 is 11.9 Å². The Hall–Kier alpha value is -1.59. The molecule has 0 aromatic rings. The molecular weight excluding hydrogens is 216 g/mol. The minimum atomic E-state index is -0.833. The molecule has 0 atom stereocenters. The zero-order valence-electron chi connectivity index (χ0n) is 10.1. The molecule has 2 N–H and O–H groups in total. The van der Waals surface area contributed by atoms with Gasteiger partial charge in [0.1, 0.15) is 0 Å². The Kier molecular flexibility index (Phi) is 19.7. The van der Waals surface area contributed by atoms with Crippen LogP contribution in [0.25, 0.3) is 0 Å². The molecule has 0 bridgehead atoms. The van der Waals surface area contributed by atoms with Crippen LogP contribution in [0.5, 0.6) is 0 Å². The summed E-state index contributed by atoms with van der Waals surface area (Å²) in [5, 5.41) is 15.3. The van der Waals surface area contributed by atoms with Crippen LogP contribution in [0.3, 0.4) is 0 Å². The van der Waals surface area contributed by atoms with Gasteiger partial charge in [-0.2, -0.15) is 0 Å². The second kappa shape index (κ2) is 15.9.